The highest BCUT2D eigenvalue weighted by atomic mass is 32.1. The average Bonchev–Trinajstić information content (AvgIpc) is 3.28. The first-order chi connectivity index (χ1) is 15.2. The maximum absolute atomic E-state index is 13.1. The Balaban J connectivity index is 1.15. The number of nitrogens with zero attached hydrogens (tertiary/aromatic N) is 4. The molecule has 2 aromatic carbocycles. The van der Waals surface area contributed by atoms with Crippen LogP contribution in [0.3, 0.4) is 0 Å². The minimum atomic E-state index is 0.108. The quantitative estimate of drug-likeness (QED) is 0.587. The first-order valence-corrected chi connectivity index (χ1v) is 11.7. The zero-order chi connectivity index (χ0) is 21.2. The Morgan fingerprint density at radius 3 is 2.32 bits per heavy atom. The molecule has 3 heterocycles. The number of aromatic nitrogens is 1. The molecular formula is C24H26N4O2S. The van der Waals surface area contributed by atoms with Gasteiger partial charge in [0.05, 0.1) is 4.70 Å². The van der Waals surface area contributed by atoms with Crippen LogP contribution in [0.15, 0.2) is 48.5 Å². The molecule has 2 aliphatic rings. The van der Waals surface area contributed by atoms with Crippen molar-refractivity contribution >= 4 is 45.3 Å². The number of amides is 1. The van der Waals surface area contributed by atoms with Gasteiger partial charge in [-0.05, 0) is 60.8 Å². The highest BCUT2D eigenvalue weighted by molar-refractivity contribution is 7.13. The third-order valence-electron chi connectivity index (χ3n) is 6.49. The summed E-state index contributed by atoms with van der Waals surface area (Å²) in [5, 5.41) is 1.21. The van der Waals surface area contributed by atoms with Gasteiger partial charge in [0.15, 0.2) is 0 Å². The first kappa shape index (κ1) is 20.0. The Morgan fingerprint density at radius 1 is 0.903 bits per heavy atom. The predicted octanol–water partition coefficient (Wildman–Crippen LogP) is 3.67. The van der Waals surface area contributed by atoms with Crippen molar-refractivity contribution in [2.24, 2.45) is 5.92 Å². The Labute approximate surface area is 186 Å². The molecule has 0 bridgehead atoms. The van der Waals surface area contributed by atoms with Crippen LogP contribution in [0.5, 0.6) is 0 Å². The molecule has 2 fully saturated rings. The molecule has 160 valence electrons. The van der Waals surface area contributed by atoms with Crippen molar-refractivity contribution < 1.29 is 9.59 Å². The van der Waals surface area contributed by atoms with Crippen molar-refractivity contribution in [3.05, 3.63) is 54.1 Å². The van der Waals surface area contributed by atoms with Crippen LogP contribution in [-0.2, 0) is 4.79 Å². The van der Waals surface area contributed by atoms with E-state index in [0.29, 0.717) is 11.5 Å². The fourth-order valence-corrected chi connectivity index (χ4v) is 5.44. The number of anilines is 2. The lowest BCUT2D eigenvalue weighted by atomic mass is 9.94. The summed E-state index contributed by atoms with van der Waals surface area (Å²) in [6.45, 7) is 4.95. The van der Waals surface area contributed by atoms with Gasteiger partial charge in [0.2, 0.25) is 5.91 Å². The topological polar surface area (TPSA) is 56.8 Å². The molecule has 0 radical (unpaired) electrons. The Morgan fingerprint density at radius 2 is 1.61 bits per heavy atom. The maximum Gasteiger partial charge on any atom is 0.225 e. The Kier molecular flexibility index (Phi) is 5.59. The van der Waals surface area contributed by atoms with Crippen molar-refractivity contribution in [3.8, 4) is 0 Å². The number of hydrogen-bond acceptors (Lipinski definition) is 6. The van der Waals surface area contributed by atoms with E-state index in [4.69, 9.17) is 0 Å². The average molecular weight is 435 g/mol. The van der Waals surface area contributed by atoms with Gasteiger partial charge in [-0.1, -0.05) is 12.1 Å². The van der Waals surface area contributed by atoms with Crippen LogP contribution >= 0.6 is 11.5 Å². The Hall–Kier alpha value is -2.93. The molecule has 7 heteroatoms. The second-order valence-corrected chi connectivity index (χ2v) is 9.09. The number of piperazine rings is 1. The molecule has 2 aliphatic heterocycles. The van der Waals surface area contributed by atoms with Gasteiger partial charge in [0.25, 0.3) is 0 Å². The lowest BCUT2D eigenvalue weighted by Crippen LogP contribution is -2.51. The van der Waals surface area contributed by atoms with Gasteiger partial charge in [-0.3, -0.25) is 9.59 Å². The highest BCUT2D eigenvalue weighted by Gasteiger charge is 2.31. The summed E-state index contributed by atoms with van der Waals surface area (Å²) in [6, 6.07) is 16.0. The molecule has 1 amide bonds. The van der Waals surface area contributed by atoms with E-state index in [1.807, 2.05) is 35.2 Å². The van der Waals surface area contributed by atoms with Crippen molar-refractivity contribution in [2.45, 2.75) is 12.8 Å². The van der Waals surface area contributed by atoms with Crippen molar-refractivity contribution in [2.75, 3.05) is 49.1 Å². The summed E-state index contributed by atoms with van der Waals surface area (Å²) in [5.74, 6) is 1.47. The van der Waals surface area contributed by atoms with Crippen LogP contribution in [0.25, 0.3) is 10.1 Å². The SMILES string of the molecule is O=Cc1ccc(N2CCC(C(=O)N3CCN(c4nsc5ccccc45)CC3)CC2)cc1. The van der Waals surface area contributed by atoms with Gasteiger partial charge in [0, 0.05) is 61.8 Å². The minimum absolute atomic E-state index is 0.108. The zero-order valence-corrected chi connectivity index (χ0v) is 18.3. The van der Waals surface area contributed by atoms with Gasteiger partial charge in [-0.25, -0.2) is 0 Å². The fourth-order valence-electron chi connectivity index (χ4n) is 4.65. The second kappa shape index (κ2) is 8.67. The van der Waals surface area contributed by atoms with Gasteiger partial charge < -0.3 is 14.7 Å². The molecule has 2 saturated heterocycles. The summed E-state index contributed by atoms with van der Waals surface area (Å²) in [7, 11) is 0. The molecule has 0 saturated carbocycles. The smallest absolute Gasteiger partial charge is 0.225 e. The van der Waals surface area contributed by atoms with Crippen LogP contribution in [0.4, 0.5) is 11.5 Å². The van der Waals surface area contributed by atoms with Crippen molar-refractivity contribution in [1.29, 1.82) is 0 Å². The fraction of sp³-hybridized carbons (Fsp3) is 0.375. The van der Waals surface area contributed by atoms with Gasteiger partial charge in [-0.15, -0.1) is 0 Å². The van der Waals surface area contributed by atoms with Crippen LogP contribution < -0.4 is 9.80 Å². The molecule has 31 heavy (non-hydrogen) atoms. The highest BCUT2D eigenvalue weighted by Crippen LogP contribution is 2.30. The number of hydrogen-bond donors (Lipinski definition) is 0. The van der Waals surface area contributed by atoms with Crippen LogP contribution in [0.1, 0.15) is 23.2 Å². The first-order valence-electron chi connectivity index (χ1n) is 10.9. The van der Waals surface area contributed by atoms with Crippen LogP contribution in [0.2, 0.25) is 0 Å². The zero-order valence-electron chi connectivity index (χ0n) is 17.4. The molecule has 0 aliphatic carbocycles. The van der Waals surface area contributed by atoms with E-state index in [1.165, 1.54) is 10.1 Å². The van der Waals surface area contributed by atoms with E-state index in [0.717, 1.165) is 69.9 Å². The predicted molar refractivity (Wildman–Crippen MR) is 125 cm³/mol. The van der Waals surface area contributed by atoms with E-state index >= 15 is 0 Å². The summed E-state index contributed by atoms with van der Waals surface area (Å²) in [5.41, 5.74) is 1.82. The van der Waals surface area contributed by atoms with Crippen molar-refractivity contribution in [1.82, 2.24) is 9.27 Å². The third kappa shape index (κ3) is 4.02. The van der Waals surface area contributed by atoms with Gasteiger partial charge in [-0.2, -0.15) is 4.37 Å². The van der Waals surface area contributed by atoms with E-state index in [9.17, 15) is 9.59 Å². The number of carbonyl (C=O) groups is 2. The number of piperidine rings is 1. The minimum Gasteiger partial charge on any atom is -0.371 e. The number of aldehydes is 1. The number of carbonyl (C=O) groups excluding carboxylic acids is 2. The third-order valence-corrected chi connectivity index (χ3v) is 7.30. The summed E-state index contributed by atoms with van der Waals surface area (Å²) in [4.78, 5) is 30.6. The molecule has 6 nitrogen and oxygen atoms in total. The standard InChI is InChI=1S/C24H26N4O2S/c29-17-18-5-7-20(8-6-18)26-11-9-19(10-12-26)24(30)28-15-13-27(14-16-28)23-21-3-1-2-4-22(21)31-25-23/h1-8,17,19H,9-16H2. The lowest BCUT2D eigenvalue weighted by molar-refractivity contribution is -0.136. The van der Waals surface area contributed by atoms with E-state index in [1.54, 1.807) is 11.5 Å². The maximum atomic E-state index is 13.1. The Bertz CT molecular complexity index is 1060. The largest absolute Gasteiger partial charge is 0.371 e. The van der Waals surface area contributed by atoms with Crippen molar-refractivity contribution in [3.63, 3.8) is 0 Å². The van der Waals surface area contributed by atoms with E-state index in [2.05, 4.69) is 32.4 Å². The van der Waals surface area contributed by atoms with Gasteiger partial charge >= 0.3 is 0 Å². The molecule has 1 aromatic heterocycles. The normalized spacial score (nSPS) is 17.9. The van der Waals surface area contributed by atoms with Crippen LogP contribution in [0, 0.1) is 5.92 Å². The molecule has 3 aromatic rings. The molecule has 0 atom stereocenters. The second-order valence-electron chi connectivity index (χ2n) is 8.29. The molecule has 0 N–H and O–H groups in total. The van der Waals surface area contributed by atoms with E-state index in [-0.39, 0.29) is 5.92 Å². The summed E-state index contributed by atoms with van der Waals surface area (Å²) >= 11 is 1.54. The molecular weight excluding hydrogens is 408 g/mol. The lowest BCUT2D eigenvalue weighted by Gasteiger charge is -2.39. The van der Waals surface area contributed by atoms with E-state index < -0.39 is 0 Å². The summed E-state index contributed by atoms with van der Waals surface area (Å²) < 4.78 is 5.88. The van der Waals surface area contributed by atoms with Crippen LogP contribution in [-0.4, -0.2) is 60.7 Å². The van der Waals surface area contributed by atoms with Gasteiger partial charge in [0.1, 0.15) is 12.1 Å². The molecule has 5 rings (SSSR count). The monoisotopic (exact) mass is 434 g/mol. The number of fused-ring (bicyclic) bond motifs is 1. The number of benzene rings is 2. The summed E-state index contributed by atoms with van der Waals surface area (Å²) in [6.07, 6.45) is 2.63. The number of rotatable bonds is 4. The molecule has 0 spiro atoms. The molecule has 0 unspecified atom stereocenters.